The standard InChI is InChI=1S/C20H30N2O2/c1-15-3-6-19(13-16(15)2)24-12-9-20(23)22-10-7-18(8-11-22)21-14-17-4-5-17/h3,6,13,17-18,21H,4-5,7-12,14H2,1-2H3. The molecule has 3 rings (SSSR count). The van der Waals surface area contributed by atoms with Crippen LogP contribution in [0.2, 0.25) is 0 Å². The lowest BCUT2D eigenvalue weighted by Gasteiger charge is -2.32. The monoisotopic (exact) mass is 330 g/mol. The van der Waals surface area contributed by atoms with Gasteiger partial charge in [0.15, 0.2) is 0 Å². The number of ether oxygens (including phenoxy) is 1. The Hall–Kier alpha value is -1.55. The second-order valence-corrected chi connectivity index (χ2v) is 7.35. The van der Waals surface area contributed by atoms with Gasteiger partial charge in [0.05, 0.1) is 13.0 Å². The fraction of sp³-hybridized carbons (Fsp3) is 0.650. The van der Waals surface area contributed by atoms with Gasteiger partial charge < -0.3 is 15.0 Å². The number of rotatable bonds is 7. The van der Waals surface area contributed by atoms with E-state index in [1.54, 1.807) is 0 Å². The number of hydrogen-bond donors (Lipinski definition) is 1. The van der Waals surface area contributed by atoms with Gasteiger partial charge in [-0.1, -0.05) is 6.07 Å². The van der Waals surface area contributed by atoms with E-state index in [0.717, 1.165) is 37.6 Å². The van der Waals surface area contributed by atoms with Crippen LogP contribution in [0.1, 0.15) is 43.2 Å². The fourth-order valence-electron chi connectivity index (χ4n) is 3.21. The molecule has 1 amide bonds. The molecule has 1 aromatic rings. The molecule has 1 aromatic carbocycles. The molecule has 1 heterocycles. The van der Waals surface area contributed by atoms with E-state index in [4.69, 9.17) is 4.74 Å². The molecule has 1 aliphatic carbocycles. The molecule has 0 atom stereocenters. The van der Waals surface area contributed by atoms with Crippen LogP contribution in [0.25, 0.3) is 0 Å². The molecule has 1 saturated carbocycles. The molecule has 0 bridgehead atoms. The highest BCUT2D eigenvalue weighted by molar-refractivity contribution is 5.76. The van der Waals surface area contributed by atoms with Crippen molar-refractivity contribution in [1.82, 2.24) is 10.2 Å². The Kier molecular flexibility index (Phi) is 5.77. The third-order valence-electron chi connectivity index (χ3n) is 5.30. The largest absolute Gasteiger partial charge is 0.493 e. The highest BCUT2D eigenvalue weighted by atomic mass is 16.5. The van der Waals surface area contributed by atoms with E-state index in [2.05, 4.69) is 25.2 Å². The molecule has 24 heavy (non-hydrogen) atoms. The topological polar surface area (TPSA) is 41.6 Å². The number of nitrogens with one attached hydrogen (secondary N) is 1. The maximum absolute atomic E-state index is 12.3. The SMILES string of the molecule is Cc1ccc(OCCC(=O)N2CCC(NCC3CC3)CC2)cc1C. The first kappa shape index (κ1) is 17.3. The van der Waals surface area contributed by atoms with Gasteiger partial charge >= 0.3 is 0 Å². The van der Waals surface area contributed by atoms with Crippen molar-refractivity contribution in [2.45, 2.75) is 52.0 Å². The number of nitrogens with zero attached hydrogens (tertiary/aromatic N) is 1. The van der Waals surface area contributed by atoms with Crippen LogP contribution in [0.3, 0.4) is 0 Å². The summed E-state index contributed by atoms with van der Waals surface area (Å²) in [6.45, 7) is 7.56. The molecule has 0 radical (unpaired) electrons. The number of piperidine rings is 1. The van der Waals surface area contributed by atoms with E-state index in [1.165, 1.54) is 30.5 Å². The summed E-state index contributed by atoms with van der Waals surface area (Å²) in [6.07, 6.45) is 5.41. The lowest BCUT2D eigenvalue weighted by Crippen LogP contribution is -2.45. The minimum absolute atomic E-state index is 0.222. The third-order valence-corrected chi connectivity index (χ3v) is 5.30. The molecule has 132 valence electrons. The van der Waals surface area contributed by atoms with Gasteiger partial charge in [-0.3, -0.25) is 4.79 Å². The highest BCUT2D eigenvalue weighted by Gasteiger charge is 2.25. The average Bonchev–Trinajstić information content (AvgIpc) is 3.41. The quantitative estimate of drug-likeness (QED) is 0.835. The predicted molar refractivity (Wildman–Crippen MR) is 96.4 cm³/mol. The summed E-state index contributed by atoms with van der Waals surface area (Å²) in [4.78, 5) is 14.3. The maximum atomic E-state index is 12.3. The first-order valence-corrected chi connectivity index (χ1v) is 9.33. The van der Waals surface area contributed by atoms with E-state index in [0.29, 0.717) is 19.1 Å². The van der Waals surface area contributed by atoms with Crippen LogP contribution in [0.4, 0.5) is 0 Å². The number of benzene rings is 1. The van der Waals surface area contributed by atoms with Crippen molar-refractivity contribution < 1.29 is 9.53 Å². The summed E-state index contributed by atoms with van der Waals surface area (Å²) in [7, 11) is 0. The zero-order valence-electron chi connectivity index (χ0n) is 15.0. The molecular weight excluding hydrogens is 300 g/mol. The smallest absolute Gasteiger partial charge is 0.225 e. The number of hydrogen-bond acceptors (Lipinski definition) is 3. The molecule has 0 unspecified atom stereocenters. The molecule has 2 fully saturated rings. The second kappa shape index (κ2) is 8.02. The lowest BCUT2D eigenvalue weighted by atomic mass is 10.0. The number of amides is 1. The van der Waals surface area contributed by atoms with Gasteiger partial charge in [0, 0.05) is 19.1 Å². The van der Waals surface area contributed by atoms with Crippen LogP contribution in [-0.2, 0) is 4.79 Å². The molecule has 0 spiro atoms. The van der Waals surface area contributed by atoms with Crippen LogP contribution in [-0.4, -0.2) is 43.1 Å². The maximum Gasteiger partial charge on any atom is 0.225 e. The summed E-state index contributed by atoms with van der Waals surface area (Å²) >= 11 is 0. The fourth-order valence-corrected chi connectivity index (χ4v) is 3.21. The molecule has 1 saturated heterocycles. The van der Waals surface area contributed by atoms with Gasteiger partial charge in [-0.15, -0.1) is 0 Å². The normalized spacial score (nSPS) is 18.7. The molecule has 2 aliphatic rings. The summed E-state index contributed by atoms with van der Waals surface area (Å²) in [5, 5.41) is 3.65. The molecular formula is C20H30N2O2. The van der Waals surface area contributed by atoms with E-state index in [1.807, 2.05) is 17.0 Å². The number of carbonyl (C=O) groups excluding carboxylic acids is 1. The number of carbonyl (C=O) groups is 1. The van der Waals surface area contributed by atoms with E-state index >= 15 is 0 Å². The highest BCUT2D eigenvalue weighted by Crippen LogP contribution is 2.28. The minimum Gasteiger partial charge on any atom is -0.493 e. The van der Waals surface area contributed by atoms with Crippen LogP contribution >= 0.6 is 0 Å². The Balaban J connectivity index is 1.34. The van der Waals surface area contributed by atoms with Crippen molar-refractivity contribution in [3.8, 4) is 5.75 Å². The summed E-state index contributed by atoms with van der Waals surface area (Å²) in [5.41, 5.74) is 2.48. The first-order chi connectivity index (χ1) is 11.6. The van der Waals surface area contributed by atoms with E-state index in [-0.39, 0.29) is 5.91 Å². The Labute approximate surface area is 145 Å². The first-order valence-electron chi connectivity index (χ1n) is 9.33. The van der Waals surface area contributed by atoms with E-state index < -0.39 is 0 Å². The van der Waals surface area contributed by atoms with Crippen LogP contribution in [0.15, 0.2) is 18.2 Å². The van der Waals surface area contributed by atoms with Crippen LogP contribution < -0.4 is 10.1 Å². The van der Waals surface area contributed by atoms with Gasteiger partial charge in [0.25, 0.3) is 0 Å². The molecule has 1 aliphatic heterocycles. The Morgan fingerprint density at radius 3 is 2.58 bits per heavy atom. The Morgan fingerprint density at radius 1 is 1.17 bits per heavy atom. The van der Waals surface area contributed by atoms with Crippen molar-refractivity contribution in [3.05, 3.63) is 29.3 Å². The van der Waals surface area contributed by atoms with Crippen molar-refractivity contribution in [2.75, 3.05) is 26.2 Å². The summed E-state index contributed by atoms with van der Waals surface area (Å²) in [5.74, 6) is 2.00. The van der Waals surface area contributed by atoms with Crippen molar-refractivity contribution >= 4 is 5.91 Å². The molecule has 0 aromatic heterocycles. The molecule has 1 N–H and O–H groups in total. The number of likely N-dealkylation sites (tertiary alicyclic amines) is 1. The Morgan fingerprint density at radius 2 is 1.92 bits per heavy atom. The van der Waals surface area contributed by atoms with Crippen LogP contribution in [0, 0.1) is 19.8 Å². The summed E-state index contributed by atoms with van der Waals surface area (Å²) < 4.78 is 5.74. The van der Waals surface area contributed by atoms with Gasteiger partial charge in [0.1, 0.15) is 5.75 Å². The Bertz CT molecular complexity index is 561. The average molecular weight is 330 g/mol. The van der Waals surface area contributed by atoms with Crippen molar-refractivity contribution in [3.63, 3.8) is 0 Å². The van der Waals surface area contributed by atoms with Gasteiger partial charge in [0.2, 0.25) is 5.91 Å². The molecule has 4 heteroatoms. The minimum atomic E-state index is 0.222. The zero-order valence-corrected chi connectivity index (χ0v) is 15.0. The van der Waals surface area contributed by atoms with Gasteiger partial charge in [-0.25, -0.2) is 0 Å². The van der Waals surface area contributed by atoms with Crippen molar-refractivity contribution in [1.29, 1.82) is 0 Å². The van der Waals surface area contributed by atoms with Gasteiger partial charge in [-0.05, 0) is 75.3 Å². The second-order valence-electron chi connectivity index (χ2n) is 7.35. The summed E-state index contributed by atoms with van der Waals surface area (Å²) in [6, 6.07) is 6.67. The van der Waals surface area contributed by atoms with Gasteiger partial charge in [-0.2, -0.15) is 0 Å². The third kappa shape index (κ3) is 4.97. The molecule has 4 nitrogen and oxygen atoms in total. The zero-order chi connectivity index (χ0) is 16.9. The lowest BCUT2D eigenvalue weighted by molar-refractivity contribution is -0.132. The van der Waals surface area contributed by atoms with Crippen molar-refractivity contribution in [2.24, 2.45) is 5.92 Å². The number of aryl methyl sites for hydroxylation is 2. The van der Waals surface area contributed by atoms with E-state index in [9.17, 15) is 4.79 Å². The predicted octanol–water partition coefficient (Wildman–Crippen LogP) is 3.06. The van der Waals surface area contributed by atoms with Crippen LogP contribution in [0.5, 0.6) is 5.75 Å².